The number of rotatable bonds is 6. The zero-order valence-corrected chi connectivity index (χ0v) is 10.3. The van der Waals surface area contributed by atoms with Gasteiger partial charge in [0, 0.05) is 19.2 Å². The summed E-state index contributed by atoms with van der Waals surface area (Å²) in [5.74, 6) is 0.109. The predicted octanol–water partition coefficient (Wildman–Crippen LogP) is 2.21. The van der Waals surface area contributed by atoms with Gasteiger partial charge in [-0.3, -0.25) is 4.79 Å². The third-order valence-electron chi connectivity index (χ3n) is 2.93. The normalized spacial score (nSPS) is 14.6. The average molecular weight is 233 g/mol. The lowest BCUT2D eigenvalue weighted by molar-refractivity contribution is -0.137. The van der Waals surface area contributed by atoms with E-state index < -0.39 is 0 Å². The van der Waals surface area contributed by atoms with Crippen LogP contribution in [0.1, 0.15) is 25.3 Å². The smallest absolute Gasteiger partial charge is 0.249 e. The van der Waals surface area contributed by atoms with Crippen LogP contribution in [0.25, 0.3) is 0 Å². The largest absolute Gasteiger partial charge is 0.372 e. The van der Waals surface area contributed by atoms with E-state index >= 15 is 0 Å². The summed E-state index contributed by atoms with van der Waals surface area (Å²) in [6.07, 6.45) is 2.26. The van der Waals surface area contributed by atoms with Gasteiger partial charge in [0.25, 0.3) is 0 Å². The first-order valence-corrected chi connectivity index (χ1v) is 6.22. The van der Waals surface area contributed by atoms with Crippen molar-refractivity contribution in [2.75, 3.05) is 13.2 Å². The lowest BCUT2D eigenvalue weighted by Gasteiger charge is -2.22. The Morgan fingerprint density at radius 2 is 2.06 bits per heavy atom. The second kappa shape index (κ2) is 5.82. The number of amides is 1. The Kier molecular flexibility index (Phi) is 4.15. The summed E-state index contributed by atoms with van der Waals surface area (Å²) in [5.41, 5.74) is 1.18. The molecular weight excluding hydrogens is 214 g/mol. The summed E-state index contributed by atoms with van der Waals surface area (Å²) in [7, 11) is 0. The highest BCUT2D eigenvalue weighted by Crippen LogP contribution is 2.28. The molecule has 2 rings (SSSR count). The van der Waals surface area contributed by atoms with Gasteiger partial charge in [-0.05, 0) is 25.3 Å². The van der Waals surface area contributed by atoms with Gasteiger partial charge in [0.1, 0.15) is 6.61 Å². The predicted molar refractivity (Wildman–Crippen MR) is 66.5 cm³/mol. The summed E-state index contributed by atoms with van der Waals surface area (Å²) < 4.78 is 5.20. The van der Waals surface area contributed by atoms with Crippen molar-refractivity contribution in [3.63, 3.8) is 0 Å². The quantitative estimate of drug-likeness (QED) is 0.754. The molecule has 3 nitrogen and oxygen atoms in total. The van der Waals surface area contributed by atoms with Crippen LogP contribution in [0.4, 0.5) is 0 Å². The molecule has 1 aliphatic rings. The van der Waals surface area contributed by atoms with E-state index in [2.05, 4.69) is 12.1 Å². The summed E-state index contributed by atoms with van der Waals surface area (Å²) >= 11 is 0. The molecule has 17 heavy (non-hydrogen) atoms. The standard InChI is InChI=1S/C14H19NO2/c1-2-17-11-14(16)15(13-8-9-13)10-12-6-4-3-5-7-12/h3-7,13H,2,8-11H2,1H3. The third kappa shape index (κ3) is 3.56. The van der Waals surface area contributed by atoms with Crippen molar-refractivity contribution in [1.29, 1.82) is 0 Å². The minimum Gasteiger partial charge on any atom is -0.372 e. The minimum absolute atomic E-state index is 0.109. The van der Waals surface area contributed by atoms with Crippen LogP contribution in [0.2, 0.25) is 0 Å². The highest BCUT2D eigenvalue weighted by Gasteiger charge is 2.32. The molecule has 1 aromatic rings. The maximum absolute atomic E-state index is 12.0. The zero-order chi connectivity index (χ0) is 12.1. The molecule has 1 fully saturated rings. The maximum Gasteiger partial charge on any atom is 0.249 e. The van der Waals surface area contributed by atoms with Crippen LogP contribution in [0.5, 0.6) is 0 Å². The fourth-order valence-corrected chi connectivity index (χ4v) is 1.86. The van der Waals surface area contributed by atoms with Gasteiger partial charge in [-0.25, -0.2) is 0 Å². The topological polar surface area (TPSA) is 29.5 Å². The molecule has 0 N–H and O–H groups in total. The Morgan fingerprint density at radius 1 is 1.35 bits per heavy atom. The summed E-state index contributed by atoms with van der Waals surface area (Å²) in [6.45, 7) is 3.42. The van der Waals surface area contributed by atoms with Crippen molar-refractivity contribution in [2.45, 2.75) is 32.4 Å². The molecule has 1 amide bonds. The van der Waals surface area contributed by atoms with Crippen molar-refractivity contribution < 1.29 is 9.53 Å². The number of nitrogens with zero attached hydrogens (tertiary/aromatic N) is 1. The molecule has 92 valence electrons. The second-order valence-corrected chi connectivity index (χ2v) is 4.38. The molecule has 1 aromatic carbocycles. The molecular formula is C14H19NO2. The van der Waals surface area contributed by atoms with E-state index in [1.807, 2.05) is 30.0 Å². The number of carbonyl (C=O) groups excluding carboxylic acids is 1. The average Bonchev–Trinajstić information content (AvgIpc) is 3.18. The van der Waals surface area contributed by atoms with E-state index in [1.165, 1.54) is 5.56 Å². The van der Waals surface area contributed by atoms with E-state index in [4.69, 9.17) is 4.74 Å². The summed E-state index contributed by atoms with van der Waals surface area (Å²) in [5, 5.41) is 0. The van der Waals surface area contributed by atoms with Gasteiger partial charge < -0.3 is 9.64 Å². The van der Waals surface area contributed by atoms with E-state index in [0.717, 1.165) is 12.8 Å². The first-order valence-electron chi connectivity index (χ1n) is 6.22. The lowest BCUT2D eigenvalue weighted by atomic mass is 10.2. The van der Waals surface area contributed by atoms with Crippen LogP contribution in [0.15, 0.2) is 30.3 Å². The van der Waals surface area contributed by atoms with Gasteiger partial charge in [-0.2, -0.15) is 0 Å². The Morgan fingerprint density at radius 3 is 2.65 bits per heavy atom. The monoisotopic (exact) mass is 233 g/mol. The molecule has 0 atom stereocenters. The van der Waals surface area contributed by atoms with Crippen molar-refractivity contribution in [2.24, 2.45) is 0 Å². The number of carbonyl (C=O) groups is 1. The van der Waals surface area contributed by atoms with Crippen molar-refractivity contribution in [3.05, 3.63) is 35.9 Å². The first-order chi connectivity index (χ1) is 8.31. The molecule has 1 aliphatic carbocycles. The Balaban J connectivity index is 1.95. The molecule has 0 radical (unpaired) electrons. The van der Waals surface area contributed by atoms with Gasteiger partial charge in [0.05, 0.1) is 0 Å². The molecule has 0 unspecified atom stereocenters. The van der Waals surface area contributed by atoms with Gasteiger partial charge in [0.2, 0.25) is 5.91 Å². The van der Waals surface area contributed by atoms with Crippen LogP contribution >= 0.6 is 0 Å². The van der Waals surface area contributed by atoms with Crippen LogP contribution in [-0.4, -0.2) is 30.1 Å². The van der Waals surface area contributed by atoms with Gasteiger partial charge in [-0.15, -0.1) is 0 Å². The third-order valence-corrected chi connectivity index (χ3v) is 2.93. The van der Waals surface area contributed by atoms with E-state index in [1.54, 1.807) is 0 Å². The molecule has 0 heterocycles. The second-order valence-electron chi connectivity index (χ2n) is 4.38. The zero-order valence-electron chi connectivity index (χ0n) is 10.3. The molecule has 1 saturated carbocycles. The van der Waals surface area contributed by atoms with Crippen LogP contribution in [0.3, 0.4) is 0 Å². The van der Waals surface area contributed by atoms with Crippen molar-refractivity contribution >= 4 is 5.91 Å². The van der Waals surface area contributed by atoms with E-state index in [-0.39, 0.29) is 12.5 Å². The molecule has 0 aliphatic heterocycles. The Bertz CT molecular complexity index is 360. The van der Waals surface area contributed by atoms with Gasteiger partial charge >= 0.3 is 0 Å². The SMILES string of the molecule is CCOCC(=O)N(Cc1ccccc1)C1CC1. The van der Waals surface area contributed by atoms with Crippen LogP contribution in [-0.2, 0) is 16.1 Å². The van der Waals surface area contributed by atoms with Gasteiger partial charge in [0.15, 0.2) is 0 Å². The first kappa shape index (κ1) is 12.1. The molecule has 0 spiro atoms. The Hall–Kier alpha value is -1.35. The highest BCUT2D eigenvalue weighted by atomic mass is 16.5. The maximum atomic E-state index is 12.0. The lowest BCUT2D eigenvalue weighted by Crippen LogP contribution is -2.35. The molecule has 0 aromatic heterocycles. The highest BCUT2D eigenvalue weighted by molar-refractivity contribution is 5.78. The number of hydrogen-bond donors (Lipinski definition) is 0. The van der Waals surface area contributed by atoms with Crippen LogP contribution in [0, 0.1) is 0 Å². The Labute approximate surface area is 102 Å². The number of ether oxygens (including phenoxy) is 1. The fourth-order valence-electron chi connectivity index (χ4n) is 1.86. The summed E-state index contributed by atoms with van der Waals surface area (Å²) in [4.78, 5) is 13.9. The molecule has 0 saturated heterocycles. The fraction of sp³-hybridized carbons (Fsp3) is 0.500. The number of benzene rings is 1. The number of hydrogen-bond acceptors (Lipinski definition) is 2. The van der Waals surface area contributed by atoms with E-state index in [9.17, 15) is 4.79 Å². The van der Waals surface area contributed by atoms with E-state index in [0.29, 0.717) is 19.2 Å². The van der Waals surface area contributed by atoms with Crippen molar-refractivity contribution in [1.82, 2.24) is 4.90 Å². The minimum atomic E-state index is 0.109. The molecule has 0 bridgehead atoms. The van der Waals surface area contributed by atoms with Crippen molar-refractivity contribution in [3.8, 4) is 0 Å². The van der Waals surface area contributed by atoms with Gasteiger partial charge in [-0.1, -0.05) is 30.3 Å². The molecule has 3 heteroatoms. The summed E-state index contributed by atoms with van der Waals surface area (Å²) in [6, 6.07) is 10.6. The van der Waals surface area contributed by atoms with Crippen LogP contribution < -0.4 is 0 Å².